The number of halogens is 3. The van der Waals surface area contributed by atoms with Crippen molar-refractivity contribution >= 4 is 11.0 Å². The minimum atomic E-state index is -1.28. The Morgan fingerprint density at radius 2 is 1.83 bits per heavy atom. The summed E-state index contributed by atoms with van der Waals surface area (Å²) in [7, 11) is 0. The van der Waals surface area contributed by atoms with E-state index in [0.717, 1.165) is 18.3 Å². The molecule has 0 saturated heterocycles. The van der Waals surface area contributed by atoms with Gasteiger partial charge in [-0.15, -0.1) is 0 Å². The van der Waals surface area contributed by atoms with Crippen LogP contribution in [0.5, 0.6) is 0 Å². The summed E-state index contributed by atoms with van der Waals surface area (Å²) in [5, 5.41) is 4.31. The second-order valence-corrected chi connectivity index (χ2v) is 4.89. The standard InChI is InChI=1S/C16H8F3N3O/c17-11-3-4-12(18)14(19)13(11)10-7-22-23-15(10)9-6-21-16-8(9)2-1-5-20-16/h1-7H,(H,20,21). The van der Waals surface area contributed by atoms with E-state index < -0.39 is 23.0 Å². The van der Waals surface area contributed by atoms with Crippen LogP contribution >= 0.6 is 0 Å². The van der Waals surface area contributed by atoms with Gasteiger partial charge in [-0.3, -0.25) is 0 Å². The molecule has 1 aromatic carbocycles. The second-order valence-electron chi connectivity index (χ2n) is 4.89. The third-order valence-electron chi connectivity index (χ3n) is 3.58. The summed E-state index contributed by atoms with van der Waals surface area (Å²) in [5.41, 5.74) is 0.637. The summed E-state index contributed by atoms with van der Waals surface area (Å²) in [4.78, 5) is 7.07. The number of aromatic nitrogens is 3. The molecule has 0 amide bonds. The number of nitrogens with zero attached hydrogens (tertiary/aromatic N) is 2. The van der Waals surface area contributed by atoms with Gasteiger partial charge in [-0.05, 0) is 24.3 Å². The average molecular weight is 315 g/mol. The van der Waals surface area contributed by atoms with Gasteiger partial charge in [-0.1, -0.05) is 5.16 Å². The number of hydrogen-bond acceptors (Lipinski definition) is 3. The molecule has 7 heteroatoms. The number of pyridine rings is 1. The Labute approximate surface area is 127 Å². The SMILES string of the molecule is Fc1ccc(F)c(-c2cnoc2-c2c[nH]c3ncccc23)c1F. The molecular weight excluding hydrogens is 307 g/mol. The van der Waals surface area contributed by atoms with Crippen molar-refractivity contribution in [2.24, 2.45) is 0 Å². The van der Waals surface area contributed by atoms with Crippen LogP contribution in [-0.4, -0.2) is 15.1 Å². The number of aromatic amines is 1. The lowest BCUT2D eigenvalue weighted by Crippen LogP contribution is -1.94. The van der Waals surface area contributed by atoms with Gasteiger partial charge in [0.25, 0.3) is 0 Å². The van der Waals surface area contributed by atoms with E-state index in [2.05, 4.69) is 15.1 Å². The van der Waals surface area contributed by atoms with Crippen molar-refractivity contribution in [3.05, 3.63) is 60.3 Å². The van der Waals surface area contributed by atoms with E-state index in [-0.39, 0.29) is 11.3 Å². The summed E-state index contributed by atoms with van der Waals surface area (Å²) in [6, 6.07) is 5.09. The van der Waals surface area contributed by atoms with E-state index in [1.54, 1.807) is 24.5 Å². The lowest BCUT2D eigenvalue weighted by Gasteiger charge is -2.05. The first-order chi connectivity index (χ1) is 11.2. The number of rotatable bonds is 2. The van der Waals surface area contributed by atoms with Gasteiger partial charge in [0, 0.05) is 23.3 Å². The Morgan fingerprint density at radius 1 is 1.00 bits per heavy atom. The largest absolute Gasteiger partial charge is 0.356 e. The van der Waals surface area contributed by atoms with Crippen LogP contribution in [0.25, 0.3) is 33.5 Å². The first-order valence-electron chi connectivity index (χ1n) is 6.68. The fourth-order valence-electron chi connectivity index (χ4n) is 2.53. The molecule has 0 radical (unpaired) electrons. The molecule has 0 unspecified atom stereocenters. The number of nitrogens with one attached hydrogen (secondary N) is 1. The Kier molecular flexibility index (Phi) is 2.94. The average Bonchev–Trinajstić information content (AvgIpc) is 3.18. The van der Waals surface area contributed by atoms with E-state index >= 15 is 0 Å². The smallest absolute Gasteiger partial charge is 0.177 e. The van der Waals surface area contributed by atoms with Gasteiger partial charge in [-0.25, -0.2) is 18.2 Å². The highest BCUT2D eigenvalue weighted by atomic mass is 19.2. The number of H-pyrrole nitrogens is 1. The third kappa shape index (κ3) is 2.01. The summed E-state index contributed by atoms with van der Waals surface area (Å²) in [6.07, 6.45) is 4.36. The Balaban J connectivity index is 1.99. The molecule has 0 bridgehead atoms. The highest BCUT2D eigenvalue weighted by Crippen LogP contribution is 2.38. The molecular formula is C16H8F3N3O. The molecule has 0 atom stereocenters. The zero-order valence-electron chi connectivity index (χ0n) is 11.5. The lowest BCUT2D eigenvalue weighted by molar-refractivity contribution is 0.432. The van der Waals surface area contributed by atoms with Crippen LogP contribution in [0, 0.1) is 17.5 Å². The van der Waals surface area contributed by atoms with Gasteiger partial charge >= 0.3 is 0 Å². The summed E-state index contributed by atoms with van der Waals surface area (Å²) in [6.45, 7) is 0. The number of hydrogen-bond donors (Lipinski definition) is 1. The first kappa shape index (κ1) is 13.6. The minimum Gasteiger partial charge on any atom is -0.356 e. The van der Waals surface area contributed by atoms with Crippen molar-refractivity contribution in [1.29, 1.82) is 0 Å². The third-order valence-corrected chi connectivity index (χ3v) is 3.58. The van der Waals surface area contributed by atoms with Gasteiger partial charge in [0.15, 0.2) is 17.4 Å². The van der Waals surface area contributed by atoms with Crippen LogP contribution in [0.4, 0.5) is 13.2 Å². The second kappa shape index (κ2) is 4.98. The van der Waals surface area contributed by atoms with Crippen LogP contribution < -0.4 is 0 Å². The predicted molar refractivity (Wildman–Crippen MR) is 76.9 cm³/mol. The molecule has 0 aliphatic heterocycles. The van der Waals surface area contributed by atoms with Gasteiger partial charge in [0.1, 0.15) is 11.5 Å². The van der Waals surface area contributed by atoms with Crippen LogP contribution in [0.3, 0.4) is 0 Å². The fourth-order valence-corrected chi connectivity index (χ4v) is 2.53. The number of fused-ring (bicyclic) bond motifs is 1. The molecule has 4 rings (SSSR count). The van der Waals surface area contributed by atoms with Gasteiger partial charge in [0.05, 0.1) is 17.3 Å². The van der Waals surface area contributed by atoms with Gasteiger partial charge in [0.2, 0.25) is 0 Å². The minimum absolute atomic E-state index is 0.0317. The van der Waals surface area contributed by atoms with E-state index in [9.17, 15) is 13.2 Å². The highest BCUT2D eigenvalue weighted by molar-refractivity contribution is 5.96. The van der Waals surface area contributed by atoms with Crippen molar-refractivity contribution in [2.45, 2.75) is 0 Å². The molecule has 4 aromatic rings. The van der Waals surface area contributed by atoms with Crippen molar-refractivity contribution in [3.63, 3.8) is 0 Å². The molecule has 0 spiro atoms. The normalized spacial score (nSPS) is 11.3. The van der Waals surface area contributed by atoms with Crippen LogP contribution in [-0.2, 0) is 0 Å². The quantitative estimate of drug-likeness (QED) is 0.561. The molecule has 0 fully saturated rings. The van der Waals surface area contributed by atoms with Crippen molar-refractivity contribution < 1.29 is 17.7 Å². The zero-order chi connectivity index (χ0) is 16.0. The highest BCUT2D eigenvalue weighted by Gasteiger charge is 2.23. The summed E-state index contributed by atoms with van der Waals surface area (Å²) in [5.74, 6) is -3.19. The van der Waals surface area contributed by atoms with Gasteiger partial charge in [-0.2, -0.15) is 0 Å². The zero-order valence-corrected chi connectivity index (χ0v) is 11.5. The lowest BCUT2D eigenvalue weighted by atomic mass is 10.0. The number of benzene rings is 1. The Hall–Kier alpha value is -3.09. The van der Waals surface area contributed by atoms with Crippen molar-refractivity contribution in [1.82, 2.24) is 15.1 Å². The van der Waals surface area contributed by atoms with E-state index in [1.807, 2.05) is 0 Å². The van der Waals surface area contributed by atoms with Crippen LogP contribution in [0.1, 0.15) is 0 Å². The summed E-state index contributed by atoms with van der Waals surface area (Å²) >= 11 is 0. The molecule has 1 N–H and O–H groups in total. The van der Waals surface area contributed by atoms with Crippen LogP contribution in [0.15, 0.2) is 47.4 Å². The fraction of sp³-hybridized carbons (Fsp3) is 0. The molecule has 23 heavy (non-hydrogen) atoms. The maximum atomic E-state index is 14.1. The van der Waals surface area contributed by atoms with Crippen molar-refractivity contribution in [3.8, 4) is 22.5 Å². The van der Waals surface area contributed by atoms with E-state index in [4.69, 9.17) is 4.52 Å². The maximum Gasteiger partial charge on any atom is 0.177 e. The Morgan fingerprint density at radius 3 is 2.70 bits per heavy atom. The molecule has 0 aliphatic rings. The van der Waals surface area contributed by atoms with E-state index in [1.165, 1.54) is 0 Å². The molecule has 0 aliphatic carbocycles. The van der Waals surface area contributed by atoms with Crippen LogP contribution in [0.2, 0.25) is 0 Å². The molecule has 3 heterocycles. The predicted octanol–water partition coefficient (Wildman–Crippen LogP) is 4.30. The maximum absolute atomic E-state index is 14.1. The van der Waals surface area contributed by atoms with Crippen molar-refractivity contribution in [2.75, 3.05) is 0 Å². The van der Waals surface area contributed by atoms with Gasteiger partial charge < -0.3 is 9.51 Å². The summed E-state index contributed by atoms with van der Waals surface area (Å²) < 4.78 is 46.7. The van der Waals surface area contributed by atoms with E-state index in [0.29, 0.717) is 16.6 Å². The molecule has 114 valence electrons. The Bertz CT molecular complexity index is 1020. The monoisotopic (exact) mass is 315 g/mol. The molecule has 3 aromatic heterocycles. The topological polar surface area (TPSA) is 54.7 Å². The molecule has 0 saturated carbocycles. The molecule has 4 nitrogen and oxygen atoms in total. The first-order valence-corrected chi connectivity index (χ1v) is 6.68.